The Kier molecular flexibility index (Phi) is 1.79. The van der Waals surface area contributed by atoms with Crippen LogP contribution in [-0.4, -0.2) is 31.1 Å². The SMILES string of the molecule is CS(=O)(=O)B(O)O. The fourth-order valence-electron chi connectivity index (χ4n) is 0. The summed E-state index contributed by atoms with van der Waals surface area (Å²) in [7, 11) is -3.63. The van der Waals surface area contributed by atoms with Crippen LogP contribution in [-0.2, 0) is 9.69 Å². The largest absolute Gasteiger partial charge is 0.592 e. The van der Waals surface area contributed by atoms with Gasteiger partial charge in [0.05, 0.1) is 0 Å². The molecule has 0 rings (SSSR count). The summed E-state index contributed by atoms with van der Waals surface area (Å²) < 4.78 is 19.7. The standard InChI is InChI=1S/CH5BO4S/c1-7(5,6)2(3)4/h3-4H,1H3. The van der Waals surface area contributed by atoms with Crippen molar-refractivity contribution in [3.05, 3.63) is 0 Å². The zero-order valence-corrected chi connectivity index (χ0v) is 4.51. The van der Waals surface area contributed by atoms with Gasteiger partial charge < -0.3 is 10.0 Å². The van der Waals surface area contributed by atoms with Gasteiger partial charge in [-0.3, -0.25) is 0 Å². The summed E-state index contributed by atoms with van der Waals surface area (Å²) in [4.78, 5) is 0. The van der Waals surface area contributed by atoms with Crippen molar-refractivity contribution in [1.82, 2.24) is 0 Å². The van der Waals surface area contributed by atoms with Crippen molar-refractivity contribution in [1.29, 1.82) is 0 Å². The highest BCUT2D eigenvalue weighted by Gasteiger charge is 2.21. The van der Waals surface area contributed by atoms with E-state index in [0.29, 0.717) is 0 Å². The summed E-state index contributed by atoms with van der Waals surface area (Å²) in [6.07, 6.45) is -1.50. The Morgan fingerprint density at radius 3 is 1.57 bits per heavy atom. The van der Waals surface area contributed by atoms with Crippen molar-refractivity contribution in [2.75, 3.05) is 6.26 Å². The average molecular weight is 124 g/mol. The molecule has 4 nitrogen and oxygen atoms in total. The van der Waals surface area contributed by atoms with Crippen molar-refractivity contribution in [3.63, 3.8) is 0 Å². The maximum atomic E-state index is 9.83. The lowest BCUT2D eigenvalue weighted by molar-refractivity contribution is 0.428. The molecule has 0 aromatic carbocycles. The van der Waals surface area contributed by atoms with Crippen LogP contribution in [0.25, 0.3) is 0 Å². The Morgan fingerprint density at radius 1 is 1.43 bits per heavy atom. The molecule has 0 aromatic heterocycles. The van der Waals surface area contributed by atoms with Crippen LogP contribution in [0.2, 0.25) is 0 Å². The highest BCUT2D eigenvalue weighted by molar-refractivity contribution is 8.16. The van der Waals surface area contributed by atoms with Crippen LogP contribution >= 0.6 is 0 Å². The summed E-state index contributed by atoms with van der Waals surface area (Å²) in [5.74, 6) is 0. The molecule has 42 valence electrons. The Balaban J connectivity index is 4.10. The van der Waals surface area contributed by atoms with Crippen molar-refractivity contribution < 1.29 is 18.5 Å². The van der Waals surface area contributed by atoms with E-state index < -0.39 is 16.1 Å². The first-order valence-corrected chi connectivity index (χ1v) is 3.45. The maximum absolute atomic E-state index is 9.83. The number of hydrogen-bond donors (Lipinski definition) is 2. The summed E-state index contributed by atoms with van der Waals surface area (Å²) in [5, 5.41) is 15.7. The molecule has 0 heterocycles. The predicted octanol–water partition coefficient (Wildman–Crippen LogP) is -2.00. The summed E-state index contributed by atoms with van der Waals surface area (Å²) in [6, 6.07) is 0. The third-order valence-electron chi connectivity index (χ3n) is 0.383. The fourth-order valence-corrected chi connectivity index (χ4v) is 0. The highest BCUT2D eigenvalue weighted by atomic mass is 32.2. The van der Waals surface area contributed by atoms with Crippen molar-refractivity contribution in [3.8, 4) is 0 Å². The van der Waals surface area contributed by atoms with Gasteiger partial charge in [-0.2, -0.15) is 0 Å². The Morgan fingerprint density at radius 2 is 1.57 bits per heavy atom. The molecule has 0 aliphatic heterocycles. The van der Waals surface area contributed by atoms with Crippen LogP contribution in [0.15, 0.2) is 0 Å². The smallest absolute Gasteiger partial charge is 0.415 e. The Hall–Kier alpha value is -0.0651. The van der Waals surface area contributed by atoms with E-state index in [-0.39, 0.29) is 0 Å². The van der Waals surface area contributed by atoms with Crippen molar-refractivity contribution >= 4 is 16.1 Å². The molecule has 0 atom stereocenters. The van der Waals surface area contributed by atoms with Crippen LogP contribution in [0, 0.1) is 0 Å². The lowest BCUT2D eigenvalue weighted by Gasteiger charge is -1.87. The normalized spacial score (nSPS) is 11.3. The van der Waals surface area contributed by atoms with E-state index in [1.54, 1.807) is 0 Å². The van der Waals surface area contributed by atoms with E-state index in [0.717, 1.165) is 6.26 Å². The van der Waals surface area contributed by atoms with Gasteiger partial charge in [0, 0.05) is 6.26 Å². The van der Waals surface area contributed by atoms with E-state index in [1.165, 1.54) is 0 Å². The second-order valence-electron chi connectivity index (χ2n) is 1.16. The van der Waals surface area contributed by atoms with Crippen LogP contribution < -0.4 is 0 Å². The maximum Gasteiger partial charge on any atom is 0.592 e. The minimum Gasteiger partial charge on any atom is -0.415 e. The molecule has 0 saturated heterocycles. The first-order chi connectivity index (χ1) is 2.94. The van der Waals surface area contributed by atoms with Gasteiger partial charge in [0.25, 0.3) is 0 Å². The molecule has 0 amide bonds. The third-order valence-corrected chi connectivity index (χ3v) is 1.15. The molecular weight excluding hydrogens is 119 g/mol. The molecule has 0 saturated carbocycles. The lowest BCUT2D eigenvalue weighted by Crippen LogP contribution is -2.23. The molecule has 0 bridgehead atoms. The van der Waals surface area contributed by atoms with Gasteiger partial charge in [-0.1, -0.05) is 0 Å². The lowest BCUT2D eigenvalue weighted by atomic mass is 10.4. The second-order valence-corrected chi connectivity index (χ2v) is 3.24. The van der Waals surface area contributed by atoms with Crippen LogP contribution in [0.1, 0.15) is 0 Å². The van der Waals surface area contributed by atoms with Gasteiger partial charge in [-0.15, -0.1) is 0 Å². The average Bonchev–Trinajstić information content (AvgIpc) is 1.31. The monoisotopic (exact) mass is 124 g/mol. The molecule has 0 fully saturated rings. The van der Waals surface area contributed by atoms with Crippen molar-refractivity contribution in [2.24, 2.45) is 0 Å². The third kappa shape index (κ3) is 2.61. The number of hydrogen-bond acceptors (Lipinski definition) is 4. The van der Waals surface area contributed by atoms with Crippen LogP contribution in [0.4, 0.5) is 0 Å². The molecule has 0 aliphatic rings. The van der Waals surface area contributed by atoms with E-state index in [1.807, 2.05) is 0 Å². The van der Waals surface area contributed by atoms with E-state index in [2.05, 4.69) is 0 Å². The molecule has 0 aromatic rings. The van der Waals surface area contributed by atoms with Gasteiger partial charge in [-0.05, 0) is 0 Å². The molecule has 2 N–H and O–H groups in total. The number of rotatable bonds is 1. The van der Waals surface area contributed by atoms with E-state index in [4.69, 9.17) is 10.0 Å². The zero-order valence-electron chi connectivity index (χ0n) is 3.70. The van der Waals surface area contributed by atoms with Crippen LogP contribution in [0.3, 0.4) is 0 Å². The Labute approximate surface area is 41.7 Å². The van der Waals surface area contributed by atoms with Crippen molar-refractivity contribution in [2.45, 2.75) is 0 Å². The highest BCUT2D eigenvalue weighted by Crippen LogP contribution is 1.80. The first-order valence-electron chi connectivity index (χ1n) is 1.49. The molecule has 6 heteroatoms. The molecule has 0 unspecified atom stereocenters. The molecule has 0 spiro atoms. The van der Waals surface area contributed by atoms with Gasteiger partial charge >= 0.3 is 6.40 Å². The topological polar surface area (TPSA) is 74.6 Å². The minimum absolute atomic E-state index is 0.734. The van der Waals surface area contributed by atoms with E-state index in [9.17, 15) is 8.42 Å². The molecule has 0 aliphatic carbocycles. The fraction of sp³-hybridized carbons (Fsp3) is 1.00. The molecular formula is CH5BO4S. The summed E-state index contributed by atoms with van der Waals surface area (Å²) >= 11 is 0. The molecule has 7 heavy (non-hydrogen) atoms. The van der Waals surface area contributed by atoms with Crippen LogP contribution in [0.5, 0.6) is 0 Å². The quantitative estimate of drug-likeness (QED) is 0.396. The summed E-state index contributed by atoms with van der Waals surface area (Å²) in [6.45, 7) is 0. The Bertz CT molecular complexity index is 134. The van der Waals surface area contributed by atoms with Gasteiger partial charge in [0.2, 0.25) is 0 Å². The van der Waals surface area contributed by atoms with Gasteiger partial charge in [-0.25, -0.2) is 8.42 Å². The van der Waals surface area contributed by atoms with E-state index >= 15 is 0 Å². The zero-order chi connectivity index (χ0) is 6.08. The summed E-state index contributed by atoms with van der Waals surface area (Å²) in [5.41, 5.74) is 0. The first kappa shape index (κ1) is 6.93. The minimum atomic E-state index is -3.63. The van der Waals surface area contributed by atoms with Gasteiger partial charge in [0.1, 0.15) is 0 Å². The van der Waals surface area contributed by atoms with Gasteiger partial charge in [0.15, 0.2) is 9.69 Å². The predicted molar refractivity (Wildman–Crippen MR) is 25.0 cm³/mol. The second kappa shape index (κ2) is 1.81. The molecule has 0 radical (unpaired) electrons.